The van der Waals surface area contributed by atoms with Gasteiger partial charge in [-0.1, -0.05) is 23.7 Å². The summed E-state index contributed by atoms with van der Waals surface area (Å²) < 4.78 is 28.5. The molecular formula is C21H23ClN8O5S. The summed E-state index contributed by atoms with van der Waals surface area (Å²) in [4.78, 5) is 31.8. The third-order valence-electron chi connectivity index (χ3n) is 5.14. The summed E-state index contributed by atoms with van der Waals surface area (Å²) in [6, 6.07) is 8.10. The highest BCUT2D eigenvalue weighted by molar-refractivity contribution is 7.88. The maximum absolute atomic E-state index is 11.3. The minimum Gasteiger partial charge on any atom is -0.465 e. The first-order valence-electron chi connectivity index (χ1n) is 10.7. The Balaban J connectivity index is 1.54. The van der Waals surface area contributed by atoms with E-state index in [-0.39, 0.29) is 18.2 Å². The summed E-state index contributed by atoms with van der Waals surface area (Å²) in [5, 5.41) is 17.8. The van der Waals surface area contributed by atoms with Crippen molar-refractivity contribution >= 4 is 39.6 Å². The summed E-state index contributed by atoms with van der Waals surface area (Å²) in [6.07, 6.45) is 1.97. The number of primary sulfonamides is 1. The van der Waals surface area contributed by atoms with Gasteiger partial charge in [0.1, 0.15) is 5.75 Å². The molecule has 0 bridgehead atoms. The number of carbonyl (C=O) groups is 1. The molecule has 36 heavy (non-hydrogen) atoms. The number of rotatable bonds is 8. The molecule has 13 nitrogen and oxygen atoms in total. The first-order valence-corrected chi connectivity index (χ1v) is 12.8. The van der Waals surface area contributed by atoms with E-state index in [4.69, 9.17) is 21.5 Å². The van der Waals surface area contributed by atoms with Crippen molar-refractivity contribution in [1.82, 2.24) is 24.8 Å². The Kier molecular flexibility index (Phi) is 7.67. The maximum atomic E-state index is 11.3. The molecule has 0 aliphatic carbocycles. The van der Waals surface area contributed by atoms with Crippen LogP contribution in [0.4, 0.5) is 16.7 Å². The lowest BCUT2D eigenvalue weighted by Crippen LogP contribution is -2.48. The molecule has 190 valence electrons. The molecule has 0 saturated carbocycles. The second-order valence-corrected chi connectivity index (χ2v) is 9.94. The van der Waals surface area contributed by atoms with Gasteiger partial charge < -0.3 is 25.0 Å². The van der Waals surface area contributed by atoms with E-state index in [1.54, 1.807) is 30.3 Å². The van der Waals surface area contributed by atoms with Crippen molar-refractivity contribution in [3.63, 3.8) is 0 Å². The van der Waals surface area contributed by atoms with E-state index in [0.717, 1.165) is 0 Å². The smallest absolute Gasteiger partial charge is 0.407 e. The van der Waals surface area contributed by atoms with Crippen LogP contribution in [0.1, 0.15) is 11.3 Å². The number of benzene rings is 1. The summed E-state index contributed by atoms with van der Waals surface area (Å²) in [5.74, 6) is 1.16. The Bertz CT molecular complexity index is 1320. The number of aromatic nitrogens is 4. The molecular weight excluding hydrogens is 512 g/mol. The number of amides is 1. The highest BCUT2D eigenvalue weighted by atomic mass is 35.5. The van der Waals surface area contributed by atoms with E-state index in [1.165, 1.54) is 17.3 Å². The second kappa shape index (κ2) is 10.9. The van der Waals surface area contributed by atoms with Gasteiger partial charge in [0.05, 0.1) is 35.4 Å². The minimum atomic E-state index is -3.65. The Hall–Kier alpha value is -3.75. The van der Waals surface area contributed by atoms with E-state index >= 15 is 0 Å². The minimum absolute atomic E-state index is 0.258. The normalized spacial score (nSPS) is 13.9. The molecule has 1 aromatic carbocycles. The summed E-state index contributed by atoms with van der Waals surface area (Å²) in [6.45, 7) is 1.75. The van der Waals surface area contributed by atoms with Crippen molar-refractivity contribution in [3.8, 4) is 11.6 Å². The van der Waals surface area contributed by atoms with Gasteiger partial charge in [-0.15, -0.1) is 0 Å². The van der Waals surface area contributed by atoms with Crippen molar-refractivity contribution in [1.29, 1.82) is 0 Å². The predicted octanol–water partition coefficient (Wildman–Crippen LogP) is 1.91. The van der Waals surface area contributed by atoms with E-state index in [1.807, 2.05) is 4.90 Å². The third-order valence-corrected chi connectivity index (χ3v) is 6.07. The van der Waals surface area contributed by atoms with Crippen LogP contribution < -0.4 is 20.1 Å². The molecule has 15 heteroatoms. The van der Waals surface area contributed by atoms with Crippen LogP contribution in [0, 0.1) is 0 Å². The van der Waals surface area contributed by atoms with Crippen LogP contribution >= 0.6 is 11.6 Å². The SMILES string of the molecule is NS(=O)(=O)Cc1ccc(Oc2cc(CNc3ncc(Cl)cn3)nc(N3CCN(C(=O)O)CC3)n2)cc1. The molecule has 4 rings (SSSR count). The number of hydrogen-bond donors (Lipinski definition) is 3. The zero-order valence-electron chi connectivity index (χ0n) is 18.9. The number of carboxylic acid groups (broad SMARTS) is 1. The molecule has 1 aliphatic heterocycles. The highest BCUT2D eigenvalue weighted by Crippen LogP contribution is 2.24. The van der Waals surface area contributed by atoms with Gasteiger partial charge in [-0.25, -0.2) is 33.3 Å². The maximum Gasteiger partial charge on any atom is 0.407 e. The summed E-state index contributed by atoms with van der Waals surface area (Å²) in [7, 11) is -3.65. The first kappa shape index (κ1) is 25.3. The van der Waals surface area contributed by atoms with E-state index in [9.17, 15) is 18.3 Å². The molecule has 0 radical (unpaired) electrons. The lowest BCUT2D eigenvalue weighted by molar-refractivity contribution is 0.142. The van der Waals surface area contributed by atoms with Crippen molar-refractivity contribution in [3.05, 3.63) is 59.0 Å². The number of halogens is 1. The van der Waals surface area contributed by atoms with Crippen LogP contribution in [0.25, 0.3) is 0 Å². The van der Waals surface area contributed by atoms with Gasteiger partial charge in [-0.3, -0.25) is 0 Å². The number of hydrogen-bond acceptors (Lipinski definition) is 10. The lowest BCUT2D eigenvalue weighted by atomic mass is 10.2. The molecule has 3 aromatic rings. The topological polar surface area (TPSA) is 177 Å². The number of nitrogens with zero attached hydrogens (tertiary/aromatic N) is 6. The average Bonchev–Trinajstić information content (AvgIpc) is 2.84. The van der Waals surface area contributed by atoms with Crippen LogP contribution in [0.3, 0.4) is 0 Å². The van der Waals surface area contributed by atoms with Crippen molar-refractivity contribution in [2.75, 3.05) is 36.4 Å². The zero-order valence-corrected chi connectivity index (χ0v) is 20.5. The van der Waals surface area contributed by atoms with Gasteiger partial charge in [0.2, 0.25) is 27.8 Å². The predicted molar refractivity (Wildman–Crippen MR) is 132 cm³/mol. The molecule has 0 atom stereocenters. The number of ether oxygens (including phenoxy) is 1. The standard InChI is InChI=1S/C21H23ClN8O5S/c22-15-10-24-19(25-11-15)26-12-16-9-18(35-17-3-1-14(2-4-17)13-36(23,33)34)28-20(27-16)29-5-7-30(8-6-29)21(31)32/h1-4,9-11H,5-8,12-13H2,(H,31,32)(H2,23,33,34)(H,24,25,26). The van der Waals surface area contributed by atoms with Crippen LogP contribution in [-0.4, -0.2) is 70.6 Å². The van der Waals surface area contributed by atoms with Gasteiger partial charge in [0.25, 0.3) is 0 Å². The van der Waals surface area contributed by atoms with Crippen molar-refractivity contribution in [2.24, 2.45) is 5.14 Å². The molecule has 3 heterocycles. The van der Waals surface area contributed by atoms with Crippen molar-refractivity contribution < 1.29 is 23.1 Å². The fraction of sp³-hybridized carbons (Fsp3) is 0.286. The molecule has 1 saturated heterocycles. The second-order valence-electron chi connectivity index (χ2n) is 7.89. The van der Waals surface area contributed by atoms with Gasteiger partial charge in [-0.05, 0) is 17.7 Å². The van der Waals surface area contributed by atoms with E-state index < -0.39 is 16.1 Å². The van der Waals surface area contributed by atoms with Crippen LogP contribution in [0.15, 0.2) is 42.7 Å². The highest BCUT2D eigenvalue weighted by Gasteiger charge is 2.23. The summed E-state index contributed by atoms with van der Waals surface area (Å²) >= 11 is 5.83. The van der Waals surface area contributed by atoms with Gasteiger partial charge in [0, 0.05) is 32.2 Å². The monoisotopic (exact) mass is 534 g/mol. The molecule has 1 aliphatic rings. The quantitative estimate of drug-likeness (QED) is 0.384. The molecule has 1 fully saturated rings. The zero-order chi connectivity index (χ0) is 25.7. The Morgan fingerprint density at radius 3 is 2.39 bits per heavy atom. The largest absolute Gasteiger partial charge is 0.465 e. The van der Waals surface area contributed by atoms with Crippen LogP contribution in [0.5, 0.6) is 11.6 Å². The Morgan fingerprint density at radius 2 is 1.78 bits per heavy atom. The molecule has 1 amide bonds. The summed E-state index contributed by atoms with van der Waals surface area (Å²) in [5.41, 5.74) is 1.11. The molecule has 0 spiro atoms. The molecule has 4 N–H and O–H groups in total. The molecule has 0 unspecified atom stereocenters. The third kappa shape index (κ3) is 7.13. The number of anilines is 2. The average molecular weight is 535 g/mol. The van der Waals surface area contributed by atoms with E-state index in [0.29, 0.717) is 60.1 Å². The number of sulfonamides is 1. The first-order chi connectivity index (χ1) is 17.1. The fourth-order valence-electron chi connectivity index (χ4n) is 3.42. The Morgan fingerprint density at radius 1 is 1.11 bits per heavy atom. The fourth-order valence-corrected chi connectivity index (χ4v) is 4.18. The number of nitrogens with two attached hydrogens (primary N) is 1. The molecule has 2 aromatic heterocycles. The number of piperazine rings is 1. The van der Waals surface area contributed by atoms with Gasteiger partial charge in [0.15, 0.2) is 0 Å². The van der Waals surface area contributed by atoms with Gasteiger partial charge >= 0.3 is 6.09 Å². The number of nitrogens with one attached hydrogen (secondary N) is 1. The van der Waals surface area contributed by atoms with Crippen LogP contribution in [-0.2, 0) is 22.3 Å². The van der Waals surface area contributed by atoms with Gasteiger partial charge in [-0.2, -0.15) is 4.98 Å². The van der Waals surface area contributed by atoms with Crippen molar-refractivity contribution in [2.45, 2.75) is 12.3 Å². The lowest BCUT2D eigenvalue weighted by Gasteiger charge is -2.33. The Labute approximate surface area is 212 Å². The van der Waals surface area contributed by atoms with Crippen LogP contribution in [0.2, 0.25) is 5.02 Å². The van der Waals surface area contributed by atoms with E-state index in [2.05, 4.69) is 25.3 Å².